The first-order valence-electron chi connectivity index (χ1n) is 4.20. The Labute approximate surface area is 98.7 Å². The third-order valence-electron chi connectivity index (χ3n) is 1.95. The van der Waals surface area contributed by atoms with Crippen LogP contribution in [-0.4, -0.2) is 16.7 Å². The van der Waals surface area contributed by atoms with Crippen LogP contribution in [0.4, 0.5) is 0 Å². The highest BCUT2D eigenvalue weighted by Gasteiger charge is 2.38. The van der Waals surface area contributed by atoms with Crippen LogP contribution in [0.1, 0.15) is 12.8 Å². The van der Waals surface area contributed by atoms with Crippen molar-refractivity contribution in [2.45, 2.75) is 18.2 Å². The predicted octanol–water partition coefficient (Wildman–Crippen LogP) is 2.48. The summed E-state index contributed by atoms with van der Waals surface area (Å²) in [5, 5.41) is 16.5. The van der Waals surface area contributed by atoms with Crippen LogP contribution in [0.25, 0.3) is 0 Å². The zero-order valence-electron chi connectivity index (χ0n) is 8.36. The number of carbonyl (C=O) groups is 1. The highest BCUT2D eigenvalue weighted by Crippen LogP contribution is 2.34. The summed E-state index contributed by atoms with van der Waals surface area (Å²) >= 11 is 6.63. The van der Waals surface area contributed by atoms with Crippen molar-refractivity contribution in [1.82, 2.24) is 0 Å². The van der Waals surface area contributed by atoms with Crippen LogP contribution in [-0.2, 0) is 4.79 Å². The molecule has 5 heteroatoms. The third-order valence-corrected chi connectivity index (χ3v) is 2.96. The molecule has 80 valence electrons. The fraction of sp³-hybridized carbons (Fsp3) is 0.500. The van der Waals surface area contributed by atoms with Gasteiger partial charge in [-0.2, -0.15) is 10.5 Å². The van der Waals surface area contributed by atoms with E-state index in [1.165, 1.54) is 6.08 Å². The van der Waals surface area contributed by atoms with Crippen molar-refractivity contribution in [3.63, 3.8) is 0 Å². The number of carbonyl (C=O) groups excluding carboxylic acids is 1. The molecule has 0 fully saturated rings. The van der Waals surface area contributed by atoms with E-state index in [9.17, 15) is 4.79 Å². The Morgan fingerprint density at radius 2 is 2.33 bits per heavy atom. The van der Waals surface area contributed by atoms with Gasteiger partial charge in [-0.05, 0) is 12.7 Å². The van der Waals surface area contributed by atoms with Crippen LogP contribution in [0.15, 0.2) is 12.7 Å². The van der Waals surface area contributed by atoms with Crippen molar-refractivity contribution in [1.29, 1.82) is 10.5 Å². The summed E-state index contributed by atoms with van der Waals surface area (Å²) in [7, 11) is 0. The van der Waals surface area contributed by atoms with Crippen LogP contribution < -0.4 is 0 Å². The molecule has 0 heterocycles. The molecule has 0 rings (SSSR count). The van der Waals surface area contributed by atoms with Gasteiger partial charge in [0.2, 0.25) is 5.12 Å². The number of thioether (sulfide) groups is 1. The lowest BCUT2D eigenvalue weighted by molar-refractivity contribution is -0.117. The summed E-state index contributed by atoms with van der Waals surface area (Å²) in [5.41, 5.74) is -1.22. The predicted molar refractivity (Wildman–Crippen MR) is 61.3 cm³/mol. The lowest BCUT2D eigenvalue weighted by atomic mass is 9.83. The van der Waals surface area contributed by atoms with Gasteiger partial charge in [0, 0.05) is 6.42 Å². The average molecular weight is 243 g/mol. The second-order valence-electron chi connectivity index (χ2n) is 2.98. The molecule has 0 amide bonds. The van der Waals surface area contributed by atoms with Gasteiger partial charge in [-0.3, -0.25) is 4.79 Å². The van der Waals surface area contributed by atoms with Gasteiger partial charge in [0.25, 0.3) is 0 Å². The highest BCUT2D eigenvalue weighted by atomic mass is 35.5. The van der Waals surface area contributed by atoms with E-state index in [2.05, 4.69) is 6.58 Å². The molecule has 15 heavy (non-hydrogen) atoms. The highest BCUT2D eigenvalue weighted by molar-refractivity contribution is 8.13. The average Bonchev–Trinajstić information content (AvgIpc) is 2.26. The molecule has 3 nitrogen and oxygen atoms in total. The quantitative estimate of drug-likeness (QED) is 0.549. The topological polar surface area (TPSA) is 64.7 Å². The number of nitriles is 2. The maximum atomic E-state index is 11.6. The number of rotatable bonds is 5. The number of halogens is 1. The number of nitrogens with zero attached hydrogens (tertiary/aromatic N) is 2. The summed E-state index contributed by atoms with van der Waals surface area (Å²) in [5.74, 6) is 0. The minimum absolute atomic E-state index is 0.0350. The Balaban J connectivity index is 5.00. The van der Waals surface area contributed by atoms with Gasteiger partial charge in [-0.15, -0.1) is 18.2 Å². The van der Waals surface area contributed by atoms with Crippen molar-refractivity contribution in [3.8, 4) is 12.1 Å². The molecule has 0 saturated heterocycles. The summed E-state index contributed by atoms with van der Waals surface area (Å²) in [4.78, 5) is 11.6. The van der Waals surface area contributed by atoms with E-state index in [1.54, 1.807) is 6.26 Å². The van der Waals surface area contributed by atoms with Gasteiger partial charge in [0.1, 0.15) is 10.8 Å². The molecule has 0 aliphatic carbocycles. The lowest BCUT2D eigenvalue weighted by Crippen LogP contribution is -2.29. The molecule has 0 spiro atoms. The van der Waals surface area contributed by atoms with Crippen molar-refractivity contribution in [2.24, 2.45) is 5.41 Å². The molecular formula is C10H11ClN2OS. The minimum Gasteiger partial charge on any atom is -0.285 e. The van der Waals surface area contributed by atoms with Crippen molar-refractivity contribution < 1.29 is 4.79 Å². The molecule has 0 radical (unpaired) electrons. The molecular weight excluding hydrogens is 232 g/mol. The van der Waals surface area contributed by atoms with Gasteiger partial charge in [-0.25, -0.2) is 0 Å². The van der Waals surface area contributed by atoms with Crippen LogP contribution in [0.5, 0.6) is 0 Å². The Hall–Kier alpha value is -0.970. The van der Waals surface area contributed by atoms with E-state index in [0.29, 0.717) is 0 Å². The molecule has 2 atom stereocenters. The smallest absolute Gasteiger partial charge is 0.209 e. The van der Waals surface area contributed by atoms with Crippen molar-refractivity contribution in [3.05, 3.63) is 12.7 Å². The Bertz CT molecular complexity index is 331. The van der Waals surface area contributed by atoms with E-state index in [4.69, 9.17) is 22.1 Å². The molecule has 0 aromatic rings. The van der Waals surface area contributed by atoms with E-state index in [0.717, 1.165) is 11.8 Å². The maximum absolute atomic E-state index is 11.6. The van der Waals surface area contributed by atoms with Gasteiger partial charge < -0.3 is 0 Å². The largest absolute Gasteiger partial charge is 0.285 e. The molecule has 0 aromatic carbocycles. The normalized spacial score (nSPS) is 15.5. The Kier molecular flexibility index (Phi) is 6.08. The third kappa shape index (κ3) is 3.58. The molecule has 0 saturated carbocycles. The maximum Gasteiger partial charge on any atom is 0.209 e. The standard InChI is InChI=1S/C10H11ClN2OS/c1-3-4-10(7-13,9(14)15-2)5-8(11)6-12/h3,8H,1,4-5H2,2H3/t8-,10+/m1/s1. The summed E-state index contributed by atoms with van der Waals surface area (Å²) in [6, 6.07) is 3.77. The molecule has 0 bridgehead atoms. The fourth-order valence-electron chi connectivity index (χ4n) is 1.18. The summed E-state index contributed by atoms with van der Waals surface area (Å²) in [6.45, 7) is 3.50. The molecule has 0 aliphatic heterocycles. The zero-order valence-corrected chi connectivity index (χ0v) is 9.94. The van der Waals surface area contributed by atoms with Gasteiger partial charge in [-0.1, -0.05) is 17.8 Å². The van der Waals surface area contributed by atoms with Gasteiger partial charge in [0.15, 0.2) is 0 Å². The van der Waals surface area contributed by atoms with Crippen molar-refractivity contribution in [2.75, 3.05) is 6.26 Å². The van der Waals surface area contributed by atoms with Gasteiger partial charge >= 0.3 is 0 Å². The van der Waals surface area contributed by atoms with E-state index in [1.807, 2.05) is 12.1 Å². The molecule has 0 aromatic heterocycles. The second-order valence-corrected chi connectivity index (χ2v) is 4.28. The number of alkyl halides is 1. The molecule has 0 aliphatic rings. The number of hydrogen-bond donors (Lipinski definition) is 0. The van der Waals surface area contributed by atoms with E-state index >= 15 is 0 Å². The monoisotopic (exact) mass is 242 g/mol. The first kappa shape index (κ1) is 14.0. The van der Waals surface area contributed by atoms with Crippen LogP contribution in [0, 0.1) is 28.1 Å². The Morgan fingerprint density at radius 1 is 1.73 bits per heavy atom. The lowest BCUT2D eigenvalue weighted by Gasteiger charge is -2.22. The minimum atomic E-state index is -1.22. The van der Waals surface area contributed by atoms with Crippen LogP contribution in [0.2, 0.25) is 0 Å². The van der Waals surface area contributed by atoms with E-state index in [-0.39, 0.29) is 18.0 Å². The zero-order chi connectivity index (χ0) is 11.9. The number of hydrogen-bond acceptors (Lipinski definition) is 4. The fourth-order valence-corrected chi connectivity index (χ4v) is 2.05. The first-order chi connectivity index (χ1) is 7.06. The van der Waals surface area contributed by atoms with Crippen molar-refractivity contribution >= 4 is 28.5 Å². The SMILES string of the molecule is C=CC[C@@](C#N)(C[C@@H](Cl)C#N)C(=O)SC. The molecule has 0 unspecified atom stereocenters. The van der Waals surface area contributed by atoms with Crippen LogP contribution in [0.3, 0.4) is 0 Å². The second kappa shape index (κ2) is 6.50. The number of allylic oxidation sites excluding steroid dienone is 1. The first-order valence-corrected chi connectivity index (χ1v) is 5.86. The molecule has 0 N–H and O–H groups in total. The Morgan fingerprint density at radius 3 is 2.67 bits per heavy atom. The van der Waals surface area contributed by atoms with Gasteiger partial charge in [0.05, 0.1) is 12.1 Å². The van der Waals surface area contributed by atoms with E-state index < -0.39 is 10.8 Å². The summed E-state index contributed by atoms with van der Waals surface area (Å²) < 4.78 is 0. The van der Waals surface area contributed by atoms with Crippen LogP contribution >= 0.6 is 23.4 Å². The summed E-state index contributed by atoms with van der Waals surface area (Å²) in [6.07, 6.45) is 3.35.